The molecule has 2 rings (SSSR count). The highest BCUT2D eigenvalue weighted by atomic mass is 79.9. The molecule has 1 amide bonds. The highest BCUT2D eigenvalue weighted by Crippen LogP contribution is 2.30. The third kappa shape index (κ3) is 5.11. The molecule has 0 bridgehead atoms. The van der Waals surface area contributed by atoms with E-state index in [1.54, 1.807) is 11.0 Å². The molecule has 0 radical (unpaired) electrons. The summed E-state index contributed by atoms with van der Waals surface area (Å²) in [4.78, 5) is 18.2. The number of halogens is 2. The third-order valence-electron chi connectivity index (χ3n) is 3.51. The maximum atomic E-state index is 12.1. The van der Waals surface area contributed by atoms with E-state index in [9.17, 15) is 4.79 Å². The Morgan fingerprint density at radius 3 is 2.79 bits per heavy atom. The third-order valence-corrected chi connectivity index (χ3v) is 4.47. The summed E-state index contributed by atoms with van der Waals surface area (Å²) < 4.78 is 11.4. The van der Waals surface area contributed by atoms with Gasteiger partial charge in [0, 0.05) is 17.6 Å². The smallest absolute Gasteiger partial charge is 0.410 e. The van der Waals surface area contributed by atoms with Crippen molar-refractivity contribution in [3.63, 3.8) is 0 Å². The van der Waals surface area contributed by atoms with E-state index in [-0.39, 0.29) is 12.0 Å². The number of carbonyl (C=O) groups is 1. The van der Waals surface area contributed by atoms with Crippen molar-refractivity contribution in [2.75, 3.05) is 20.2 Å². The minimum atomic E-state index is -0.477. The maximum absolute atomic E-state index is 12.1. The lowest BCUT2D eigenvalue weighted by Gasteiger charge is -2.24. The molecular weight excluding hydrogens is 396 g/mol. The summed E-state index contributed by atoms with van der Waals surface area (Å²) in [7, 11) is 1.53. The second kappa shape index (κ2) is 7.74. The molecule has 2 heterocycles. The van der Waals surface area contributed by atoms with Gasteiger partial charge < -0.3 is 14.4 Å². The average molecular weight is 418 g/mol. The zero-order valence-electron chi connectivity index (χ0n) is 14.3. The van der Waals surface area contributed by atoms with Crippen molar-refractivity contribution in [1.82, 2.24) is 9.88 Å². The summed E-state index contributed by atoms with van der Waals surface area (Å²) in [6, 6.07) is 3.57. The lowest BCUT2D eigenvalue weighted by molar-refractivity contribution is 0.0291. The number of ether oxygens (including phenoxy) is 2. The van der Waals surface area contributed by atoms with E-state index in [0.29, 0.717) is 24.0 Å². The van der Waals surface area contributed by atoms with Crippen LogP contribution in [-0.2, 0) is 4.74 Å². The summed E-state index contributed by atoms with van der Waals surface area (Å²) in [5.74, 6) is 0.636. The van der Waals surface area contributed by atoms with Crippen LogP contribution in [0.3, 0.4) is 0 Å². The molecule has 5 nitrogen and oxygen atoms in total. The number of nitrogens with zero attached hydrogens (tertiary/aromatic N) is 2. The molecule has 1 saturated heterocycles. The second-order valence-electron chi connectivity index (χ2n) is 6.68. The van der Waals surface area contributed by atoms with E-state index in [4.69, 9.17) is 21.1 Å². The normalized spacial score (nSPS) is 18.7. The van der Waals surface area contributed by atoms with Gasteiger partial charge in [0.15, 0.2) is 0 Å². The van der Waals surface area contributed by atoms with Gasteiger partial charge in [-0.25, -0.2) is 9.78 Å². The van der Waals surface area contributed by atoms with Crippen LogP contribution >= 0.6 is 27.5 Å². The molecular formula is C17H22BrClN2O3. The molecule has 1 aliphatic heterocycles. The Bertz CT molecular complexity index is 643. The minimum absolute atomic E-state index is 0.246. The van der Waals surface area contributed by atoms with Crippen LogP contribution in [0.15, 0.2) is 18.2 Å². The number of hydrogen-bond donors (Lipinski definition) is 0. The molecule has 0 spiro atoms. The number of hydrogen-bond acceptors (Lipinski definition) is 4. The predicted octanol–water partition coefficient (Wildman–Crippen LogP) is 4.74. The Morgan fingerprint density at radius 2 is 2.17 bits per heavy atom. The first kappa shape index (κ1) is 19.1. The van der Waals surface area contributed by atoms with Gasteiger partial charge in [-0.2, -0.15) is 0 Å². The number of aromatic nitrogens is 1. The molecule has 0 aromatic carbocycles. The van der Waals surface area contributed by atoms with Gasteiger partial charge >= 0.3 is 6.09 Å². The number of pyridine rings is 1. The molecule has 0 N–H and O–H groups in total. The maximum Gasteiger partial charge on any atom is 0.410 e. The minimum Gasteiger partial charge on any atom is -0.480 e. The van der Waals surface area contributed by atoms with Gasteiger partial charge in [0.25, 0.3) is 0 Å². The number of methoxy groups -OCH3 is 1. The molecule has 1 fully saturated rings. The largest absolute Gasteiger partial charge is 0.480 e. The van der Waals surface area contributed by atoms with Crippen molar-refractivity contribution in [3.8, 4) is 5.88 Å². The lowest BCUT2D eigenvalue weighted by atomic mass is 10.1. The molecule has 132 valence electrons. The van der Waals surface area contributed by atoms with Gasteiger partial charge in [0.1, 0.15) is 10.6 Å². The van der Waals surface area contributed by atoms with Crippen molar-refractivity contribution in [1.29, 1.82) is 0 Å². The monoisotopic (exact) mass is 416 g/mol. The number of amides is 1. The summed E-state index contributed by atoms with van der Waals surface area (Å²) in [6.07, 6.45) is 2.69. The van der Waals surface area contributed by atoms with E-state index in [2.05, 4.69) is 27.0 Å². The van der Waals surface area contributed by atoms with Crippen LogP contribution < -0.4 is 4.74 Å². The SMILES string of the molecule is COc1nc(/C(Br)=C/[C@H]2CCN(C(=O)OC(C)(C)C)C2)ccc1Cl. The van der Waals surface area contributed by atoms with E-state index < -0.39 is 5.60 Å². The van der Waals surface area contributed by atoms with E-state index in [0.717, 1.165) is 16.6 Å². The number of likely N-dealkylation sites (tertiary alicyclic amines) is 1. The molecule has 1 atom stereocenters. The van der Waals surface area contributed by atoms with Crippen molar-refractivity contribution in [3.05, 3.63) is 28.9 Å². The molecule has 1 aromatic heterocycles. The Hall–Kier alpha value is -1.27. The van der Waals surface area contributed by atoms with Gasteiger partial charge in [0.2, 0.25) is 5.88 Å². The van der Waals surface area contributed by atoms with E-state index in [1.165, 1.54) is 7.11 Å². The Kier molecular flexibility index (Phi) is 6.15. The molecule has 7 heteroatoms. The molecule has 1 aliphatic rings. The Labute approximate surface area is 156 Å². The van der Waals surface area contributed by atoms with Crippen LogP contribution in [0.2, 0.25) is 5.02 Å². The van der Waals surface area contributed by atoms with Crippen molar-refractivity contribution < 1.29 is 14.3 Å². The van der Waals surface area contributed by atoms with Gasteiger partial charge in [0.05, 0.1) is 12.8 Å². The Balaban J connectivity index is 2.03. The standard InChI is InChI=1S/C17H22BrClN2O3/c1-17(2,3)24-16(22)21-8-7-11(10-21)9-12(18)14-6-5-13(19)15(20-14)23-4/h5-6,9,11H,7-8,10H2,1-4H3/b12-9-/t11-/m1/s1. The Morgan fingerprint density at radius 1 is 1.46 bits per heavy atom. The fraction of sp³-hybridized carbons (Fsp3) is 0.529. The van der Waals surface area contributed by atoms with Crippen LogP contribution in [0.4, 0.5) is 4.79 Å². The number of carbonyl (C=O) groups excluding carboxylic acids is 1. The highest BCUT2D eigenvalue weighted by Gasteiger charge is 2.29. The van der Waals surface area contributed by atoms with Gasteiger partial charge in [-0.1, -0.05) is 17.7 Å². The summed E-state index contributed by atoms with van der Waals surface area (Å²) in [5.41, 5.74) is 0.266. The lowest BCUT2D eigenvalue weighted by Crippen LogP contribution is -2.35. The summed E-state index contributed by atoms with van der Waals surface area (Å²) in [6.45, 7) is 6.93. The molecule has 1 aromatic rings. The number of rotatable bonds is 3. The molecule has 0 unspecified atom stereocenters. The summed E-state index contributed by atoms with van der Waals surface area (Å²) in [5, 5.41) is 0.471. The second-order valence-corrected chi connectivity index (χ2v) is 7.94. The van der Waals surface area contributed by atoms with Crippen LogP contribution in [0.5, 0.6) is 5.88 Å². The molecule has 0 saturated carbocycles. The average Bonchev–Trinajstić information content (AvgIpc) is 2.94. The van der Waals surface area contributed by atoms with Crippen molar-refractivity contribution in [2.24, 2.45) is 5.92 Å². The van der Waals surface area contributed by atoms with Crippen molar-refractivity contribution in [2.45, 2.75) is 32.8 Å². The quantitative estimate of drug-likeness (QED) is 0.713. The topological polar surface area (TPSA) is 51.7 Å². The van der Waals surface area contributed by atoms with Gasteiger partial charge in [-0.05, 0) is 61.2 Å². The van der Waals surface area contributed by atoms with Crippen LogP contribution in [0.1, 0.15) is 32.9 Å². The summed E-state index contributed by atoms with van der Waals surface area (Å²) >= 11 is 9.55. The zero-order valence-corrected chi connectivity index (χ0v) is 16.6. The fourth-order valence-electron chi connectivity index (χ4n) is 2.41. The molecule has 24 heavy (non-hydrogen) atoms. The highest BCUT2D eigenvalue weighted by molar-refractivity contribution is 9.15. The van der Waals surface area contributed by atoms with Gasteiger partial charge in [-0.3, -0.25) is 0 Å². The van der Waals surface area contributed by atoms with Crippen LogP contribution in [0, 0.1) is 5.92 Å². The van der Waals surface area contributed by atoms with Gasteiger partial charge in [-0.15, -0.1) is 0 Å². The van der Waals surface area contributed by atoms with E-state index in [1.807, 2.05) is 26.8 Å². The molecule has 0 aliphatic carbocycles. The van der Waals surface area contributed by atoms with Crippen LogP contribution in [-0.4, -0.2) is 41.8 Å². The van der Waals surface area contributed by atoms with Crippen LogP contribution in [0.25, 0.3) is 4.48 Å². The zero-order chi connectivity index (χ0) is 17.9. The first-order valence-electron chi connectivity index (χ1n) is 7.76. The fourth-order valence-corrected chi connectivity index (χ4v) is 3.18. The first-order valence-corrected chi connectivity index (χ1v) is 8.93. The first-order chi connectivity index (χ1) is 11.2. The predicted molar refractivity (Wildman–Crippen MR) is 98.6 cm³/mol. The van der Waals surface area contributed by atoms with E-state index >= 15 is 0 Å². The van der Waals surface area contributed by atoms with Crippen molar-refractivity contribution >= 4 is 38.1 Å².